The van der Waals surface area contributed by atoms with Gasteiger partial charge in [-0.25, -0.2) is 4.39 Å². The third-order valence-corrected chi connectivity index (χ3v) is 5.13. The molecular formula is C22H18ClFN2O3. The summed E-state index contributed by atoms with van der Waals surface area (Å²) >= 11 is 6.14. The van der Waals surface area contributed by atoms with Crippen LogP contribution in [0.15, 0.2) is 65.3 Å². The van der Waals surface area contributed by atoms with E-state index in [9.17, 15) is 14.0 Å². The Bertz CT molecular complexity index is 1010. The van der Waals surface area contributed by atoms with Gasteiger partial charge in [0.2, 0.25) is 0 Å². The molecule has 0 atom stereocenters. The Morgan fingerprint density at radius 3 is 2.48 bits per heavy atom. The molecule has 2 aromatic carbocycles. The van der Waals surface area contributed by atoms with Crippen LogP contribution in [-0.2, 0) is 6.54 Å². The molecule has 29 heavy (non-hydrogen) atoms. The molecule has 1 aliphatic carbocycles. The van der Waals surface area contributed by atoms with Crippen molar-refractivity contribution >= 4 is 29.1 Å². The minimum Gasteiger partial charge on any atom is -0.459 e. The average Bonchev–Trinajstić information content (AvgIpc) is 3.40. The number of halogens is 2. The quantitative estimate of drug-likeness (QED) is 0.610. The van der Waals surface area contributed by atoms with E-state index in [0.29, 0.717) is 21.8 Å². The minimum absolute atomic E-state index is 0.0801. The molecule has 0 saturated heterocycles. The van der Waals surface area contributed by atoms with Crippen molar-refractivity contribution in [2.45, 2.75) is 25.4 Å². The molecule has 0 spiro atoms. The van der Waals surface area contributed by atoms with Crippen molar-refractivity contribution in [2.24, 2.45) is 0 Å². The van der Waals surface area contributed by atoms with Gasteiger partial charge in [0.05, 0.1) is 12.8 Å². The molecule has 1 aliphatic rings. The van der Waals surface area contributed by atoms with Crippen molar-refractivity contribution in [3.8, 4) is 0 Å². The predicted molar refractivity (Wildman–Crippen MR) is 107 cm³/mol. The first-order valence-electron chi connectivity index (χ1n) is 9.21. The summed E-state index contributed by atoms with van der Waals surface area (Å²) in [6.07, 6.45) is 3.19. The molecule has 1 heterocycles. The molecule has 7 heteroatoms. The van der Waals surface area contributed by atoms with Crippen LogP contribution < -0.4 is 5.32 Å². The number of hydrogen-bond donors (Lipinski definition) is 1. The van der Waals surface area contributed by atoms with Gasteiger partial charge in [-0.1, -0.05) is 17.7 Å². The number of amides is 2. The molecule has 0 bridgehead atoms. The molecule has 0 aliphatic heterocycles. The molecular weight excluding hydrogens is 395 g/mol. The topological polar surface area (TPSA) is 62.6 Å². The highest BCUT2D eigenvalue weighted by Gasteiger charge is 2.34. The Morgan fingerprint density at radius 1 is 1.10 bits per heavy atom. The van der Waals surface area contributed by atoms with Crippen molar-refractivity contribution in [3.63, 3.8) is 0 Å². The van der Waals surface area contributed by atoms with Crippen LogP contribution in [0, 0.1) is 5.82 Å². The van der Waals surface area contributed by atoms with E-state index in [1.54, 1.807) is 53.4 Å². The summed E-state index contributed by atoms with van der Waals surface area (Å²) in [6.45, 7) is 0.117. The second kappa shape index (κ2) is 8.09. The zero-order valence-corrected chi connectivity index (χ0v) is 16.2. The first-order chi connectivity index (χ1) is 14.0. The van der Waals surface area contributed by atoms with E-state index in [1.165, 1.54) is 12.3 Å². The molecule has 3 aromatic rings. The van der Waals surface area contributed by atoms with Crippen LogP contribution in [0.25, 0.3) is 0 Å². The monoisotopic (exact) mass is 412 g/mol. The van der Waals surface area contributed by atoms with E-state index in [1.807, 2.05) is 0 Å². The molecule has 4 rings (SSSR count). The molecule has 1 saturated carbocycles. The summed E-state index contributed by atoms with van der Waals surface area (Å²) < 4.78 is 19.2. The van der Waals surface area contributed by atoms with Crippen LogP contribution in [0.3, 0.4) is 0 Å². The van der Waals surface area contributed by atoms with Crippen LogP contribution in [0.4, 0.5) is 10.1 Å². The molecule has 0 radical (unpaired) electrons. The normalized spacial score (nSPS) is 13.2. The van der Waals surface area contributed by atoms with Gasteiger partial charge in [0.25, 0.3) is 11.8 Å². The fraction of sp³-hybridized carbons (Fsp3) is 0.182. The van der Waals surface area contributed by atoms with Crippen LogP contribution in [0.2, 0.25) is 5.02 Å². The number of nitrogens with zero attached hydrogens (tertiary/aromatic N) is 1. The van der Waals surface area contributed by atoms with Crippen molar-refractivity contribution in [3.05, 3.63) is 88.6 Å². The summed E-state index contributed by atoms with van der Waals surface area (Å²) in [6, 6.07) is 14.3. The second-order valence-electron chi connectivity index (χ2n) is 6.87. The molecule has 148 valence electrons. The van der Waals surface area contributed by atoms with E-state index in [0.717, 1.165) is 12.8 Å². The molecule has 2 amide bonds. The molecule has 1 aromatic heterocycles. The third-order valence-electron chi connectivity index (χ3n) is 4.77. The van der Waals surface area contributed by atoms with Crippen molar-refractivity contribution in [2.75, 3.05) is 5.32 Å². The number of furan rings is 1. The van der Waals surface area contributed by atoms with Crippen LogP contribution in [0.1, 0.15) is 39.3 Å². The van der Waals surface area contributed by atoms with Crippen LogP contribution in [-0.4, -0.2) is 22.8 Å². The summed E-state index contributed by atoms with van der Waals surface area (Å²) in [5, 5.41) is 3.01. The fourth-order valence-corrected chi connectivity index (χ4v) is 3.29. The lowest BCUT2D eigenvalue weighted by atomic mass is 10.1. The van der Waals surface area contributed by atoms with Gasteiger partial charge < -0.3 is 14.6 Å². The number of hydrogen-bond acceptors (Lipinski definition) is 3. The SMILES string of the molecule is O=C(Nc1ccc(C(=O)N(Cc2c(F)cccc2Cl)C2CC2)cc1)c1ccco1. The number of rotatable bonds is 6. The number of anilines is 1. The summed E-state index contributed by atoms with van der Waals surface area (Å²) in [7, 11) is 0. The Morgan fingerprint density at radius 2 is 1.86 bits per heavy atom. The van der Waals surface area contributed by atoms with Gasteiger partial charge >= 0.3 is 0 Å². The standard InChI is InChI=1S/C22H18ClFN2O3/c23-18-3-1-4-19(24)17(18)13-26(16-10-11-16)22(28)14-6-8-15(9-7-14)25-21(27)20-5-2-12-29-20/h1-9,12,16H,10-11,13H2,(H,25,27). The summed E-state index contributed by atoms with van der Waals surface area (Å²) in [5.74, 6) is -0.794. The number of carbonyl (C=O) groups excluding carboxylic acids is 2. The maximum Gasteiger partial charge on any atom is 0.291 e. The smallest absolute Gasteiger partial charge is 0.291 e. The Balaban J connectivity index is 1.49. The number of benzene rings is 2. The van der Waals surface area contributed by atoms with E-state index in [-0.39, 0.29) is 30.2 Å². The van der Waals surface area contributed by atoms with Gasteiger partial charge in [-0.15, -0.1) is 0 Å². The van der Waals surface area contributed by atoms with Crippen molar-refractivity contribution in [1.29, 1.82) is 0 Å². The average molecular weight is 413 g/mol. The summed E-state index contributed by atoms with van der Waals surface area (Å²) in [5.41, 5.74) is 1.31. The van der Waals surface area contributed by atoms with Gasteiger partial charge in [-0.2, -0.15) is 0 Å². The number of carbonyl (C=O) groups is 2. The zero-order chi connectivity index (χ0) is 20.4. The first-order valence-corrected chi connectivity index (χ1v) is 9.59. The maximum atomic E-state index is 14.2. The Hall–Kier alpha value is -3.12. The largest absolute Gasteiger partial charge is 0.459 e. The van der Waals surface area contributed by atoms with Gasteiger partial charge in [0.15, 0.2) is 5.76 Å². The van der Waals surface area contributed by atoms with Gasteiger partial charge in [-0.3, -0.25) is 9.59 Å². The summed E-state index contributed by atoms with van der Waals surface area (Å²) in [4.78, 5) is 26.7. The van der Waals surface area contributed by atoms with E-state index < -0.39 is 5.82 Å². The molecule has 0 unspecified atom stereocenters. The van der Waals surface area contributed by atoms with Crippen molar-refractivity contribution < 1.29 is 18.4 Å². The van der Waals surface area contributed by atoms with Gasteiger partial charge in [-0.05, 0) is 61.4 Å². The molecule has 1 fully saturated rings. The second-order valence-corrected chi connectivity index (χ2v) is 7.28. The van der Waals surface area contributed by atoms with E-state index in [2.05, 4.69) is 5.32 Å². The lowest BCUT2D eigenvalue weighted by Gasteiger charge is -2.23. The fourth-order valence-electron chi connectivity index (χ4n) is 3.07. The number of nitrogens with one attached hydrogen (secondary N) is 1. The maximum absolute atomic E-state index is 14.2. The Kier molecular flexibility index (Phi) is 5.36. The Labute approximate surface area is 172 Å². The van der Waals surface area contributed by atoms with Gasteiger partial charge in [0.1, 0.15) is 5.82 Å². The van der Waals surface area contributed by atoms with E-state index in [4.69, 9.17) is 16.0 Å². The first kappa shape index (κ1) is 19.2. The predicted octanol–water partition coefficient (Wildman–Crippen LogP) is 5.13. The molecule has 5 nitrogen and oxygen atoms in total. The lowest BCUT2D eigenvalue weighted by molar-refractivity contribution is 0.0728. The highest BCUT2D eigenvalue weighted by Crippen LogP contribution is 2.32. The van der Waals surface area contributed by atoms with Crippen molar-refractivity contribution in [1.82, 2.24) is 4.90 Å². The molecule has 1 N–H and O–H groups in total. The highest BCUT2D eigenvalue weighted by molar-refractivity contribution is 6.31. The van der Waals surface area contributed by atoms with E-state index >= 15 is 0 Å². The minimum atomic E-state index is -0.424. The van der Waals surface area contributed by atoms with Crippen LogP contribution in [0.5, 0.6) is 0 Å². The highest BCUT2D eigenvalue weighted by atomic mass is 35.5. The zero-order valence-electron chi connectivity index (χ0n) is 15.4. The van der Waals surface area contributed by atoms with Crippen LogP contribution >= 0.6 is 11.6 Å². The lowest BCUT2D eigenvalue weighted by Crippen LogP contribution is -2.33. The van der Waals surface area contributed by atoms with Gasteiger partial charge in [0, 0.05) is 27.9 Å². The third kappa shape index (κ3) is 4.32.